The molecule has 1 aromatic heterocycles. The molecule has 2 heterocycles. The zero-order valence-corrected chi connectivity index (χ0v) is 16.1. The molecule has 1 unspecified atom stereocenters. The number of likely N-dealkylation sites (tertiary alicyclic amines) is 1. The van der Waals surface area contributed by atoms with Gasteiger partial charge in [0.25, 0.3) is 5.91 Å². The Balaban J connectivity index is 1.51. The average molecular weight is 368 g/mol. The number of hydrogen-bond acceptors (Lipinski definition) is 4. The first kappa shape index (κ1) is 19.3. The van der Waals surface area contributed by atoms with E-state index in [0.717, 1.165) is 38.2 Å². The SMILES string of the molecule is CC(C)Cc1cc(C(=O)NCC2CCN(Cc3ccccc3)C2)nc(=O)[nH]1. The number of nitrogens with one attached hydrogen (secondary N) is 2. The third kappa shape index (κ3) is 5.76. The molecule has 3 rings (SSSR count). The van der Waals surface area contributed by atoms with E-state index >= 15 is 0 Å². The number of aromatic nitrogens is 2. The van der Waals surface area contributed by atoms with Crippen LogP contribution in [-0.2, 0) is 13.0 Å². The lowest BCUT2D eigenvalue weighted by atomic mass is 10.1. The molecule has 1 fully saturated rings. The summed E-state index contributed by atoms with van der Waals surface area (Å²) in [6.45, 7) is 7.70. The second kappa shape index (κ2) is 8.95. The molecule has 27 heavy (non-hydrogen) atoms. The van der Waals surface area contributed by atoms with Crippen LogP contribution in [0.25, 0.3) is 0 Å². The normalized spacial score (nSPS) is 17.4. The zero-order chi connectivity index (χ0) is 19.2. The smallest absolute Gasteiger partial charge is 0.345 e. The van der Waals surface area contributed by atoms with Gasteiger partial charge in [-0.1, -0.05) is 44.2 Å². The number of H-pyrrole nitrogens is 1. The molecule has 0 radical (unpaired) electrons. The minimum Gasteiger partial charge on any atom is -0.350 e. The molecule has 0 bridgehead atoms. The highest BCUT2D eigenvalue weighted by Gasteiger charge is 2.23. The van der Waals surface area contributed by atoms with Crippen molar-refractivity contribution in [3.63, 3.8) is 0 Å². The van der Waals surface area contributed by atoms with Crippen LogP contribution >= 0.6 is 0 Å². The number of aromatic amines is 1. The average Bonchev–Trinajstić information content (AvgIpc) is 3.07. The third-order valence-electron chi connectivity index (χ3n) is 4.83. The van der Waals surface area contributed by atoms with Gasteiger partial charge in [-0.25, -0.2) is 4.79 Å². The minimum atomic E-state index is -0.465. The summed E-state index contributed by atoms with van der Waals surface area (Å²) in [6.07, 6.45) is 1.78. The Hall–Kier alpha value is -2.47. The zero-order valence-electron chi connectivity index (χ0n) is 16.1. The Morgan fingerprint density at radius 3 is 2.85 bits per heavy atom. The molecule has 0 saturated carbocycles. The van der Waals surface area contributed by atoms with E-state index in [-0.39, 0.29) is 11.6 Å². The standard InChI is InChI=1S/C21H28N4O2/c1-15(2)10-18-11-19(24-21(27)23-18)20(26)22-12-17-8-9-25(14-17)13-16-6-4-3-5-7-16/h3-7,11,15,17H,8-10,12-14H2,1-2H3,(H,22,26)(H,23,24,27). The molecule has 1 aliphatic heterocycles. The van der Waals surface area contributed by atoms with Gasteiger partial charge in [0.15, 0.2) is 0 Å². The summed E-state index contributed by atoms with van der Waals surface area (Å²) < 4.78 is 0. The maximum atomic E-state index is 12.4. The molecule has 1 aliphatic rings. The highest BCUT2D eigenvalue weighted by molar-refractivity contribution is 5.92. The summed E-state index contributed by atoms with van der Waals surface area (Å²) >= 11 is 0. The molecule has 2 N–H and O–H groups in total. The fourth-order valence-corrected chi connectivity index (χ4v) is 3.57. The maximum Gasteiger partial charge on any atom is 0.345 e. The van der Waals surface area contributed by atoms with Gasteiger partial charge < -0.3 is 10.3 Å². The summed E-state index contributed by atoms with van der Waals surface area (Å²) in [5.41, 5.74) is 1.80. The van der Waals surface area contributed by atoms with Gasteiger partial charge in [0.1, 0.15) is 5.69 Å². The number of benzene rings is 1. The van der Waals surface area contributed by atoms with Crippen LogP contribution in [0.2, 0.25) is 0 Å². The van der Waals surface area contributed by atoms with Crippen LogP contribution in [0.3, 0.4) is 0 Å². The first-order valence-electron chi connectivity index (χ1n) is 9.64. The maximum absolute atomic E-state index is 12.4. The van der Waals surface area contributed by atoms with Crippen molar-refractivity contribution in [1.29, 1.82) is 0 Å². The van der Waals surface area contributed by atoms with Gasteiger partial charge in [-0.15, -0.1) is 0 Å². The summed E-state index contributed by atoms with van der Waals surface area (Å²) in [6, 6.07) is 12.1. The highest BCUT2D eigenvalue weighted by Crippen LogP contribution is 2.18. The molecule has 6 heteroatoms. The van der Waals surface area contributed by atoms with Crippen molar-refractivity contribution in [2.24, 2.45) is 11.8 Å². The van der Waals surface area contributed by atoms with Crippen molar-refractivity contribution >= 4 is 5.91 Å². The number of carbonyl (C=O) groups excluding carboxylic acids is 1. The molecule has 0 spiro atoms. The summed E-state index contributed by atoms with van der Waals surface area (Å²) in [5, 5.41) is 2.95. The van der Waals surface area contributed by atoms with Crippen molar-refractivity contribution < 1.29 is 4.79 Å². The van der Waals surface area contributed by atoms with E-state index in [4.69, 9.17) is 0 Å². The molecule has 1 amide bonds. The number of hydrogen-bond donors (Lipinski definition) is 2. The largest absolute Gasteiger partial charge is 0.350 e. The van der Waals surface area contributed by atoms with E-state index in [1.807, 2.05) is 6.07 Å². The van der Waals surface area contributed by atoms with Gasteiger partial charge in [-0.05, 0) is 42.9 Å². The Bertz CT molecular complexity index is 816. The fourth-order valence-electron chi connectivity index (χ4n) is 3.57. The van der Waals surface area contributed by atoms with Crippen LogP contribution in [0, 0.1) is 11.8 Å². The van der Waals surface area contributed by atoms with Crippen LogP contribution in [0.15, 0.2) is 41.2 Å². The van der Waals surface area contributed by atoms with E-state index in [9.17, 15) is 9.59 Å². The predicted octanol–water partition coefficient (Wildman–Crippen LogP) is 2.22. The monoisotopic (exact) mass is 368 g/mol. The number of rotatable bonds is 7. The van der Waals surface area contributed by atoms with E-state index in [1.54, 1.807) is 6.07 Å². The van der Waals surface area contributed by atoms with Crippen molar-refractivity contribution in [3.05, 3.63) is 63.8 Å². The highest BCUT2D eigenvalue weighted by atomic mass is 16.2. The molecule has 144 valence electrons. The number of carbonyl (C=O) groups is 1. The molecule has 1 saturated heterocycles. The van der Waals surface area contributed by atoms with Crippen LogP contribution in [0.1, 0.15) is 42.0 Å². The molecule has 1 aromatic carbocycles. The Labute approximate surface area is 160 Å². The molecular weight excluding hydrogens is 340 g/mol. The van der Waals surface area contributed by atoms with Gasteiger partial charge >= 0.3 is 5.69 Å². The van der Waals surface area contributed by atoms with Crippen LogP contribution < -0.4 is 11.0 Å². The minimum absolute atomic E-state index is 0.202. The number of nitrogens with zero attached hydrogens (tertiary/aromatic N) is 2. The Kier molecular flexibility index (Phi) is 6.40. The van der Waals surface area contributed by atoms with Crippen molar-refractivity contribution in [3.8, 4) is 0 Å². The van der Waals surface area contributed by atoms with Gasteiger partial charge in [-0.2, -0.15) is 4.98 Å². The lowest BCUT2D eigenvalue weighted by molar-refractivity contribution is 0.0941. The summed E-state index contributed by atoms with van der Waals surface area (Å²) in [5.74, 6) is 0.551. The number of amides is 1. The lowest BCUT2D eigenvalue weighted by Gasteiger charge is -2.16. The third-order valence-corrected chi connectivity index (χ3v) is 4.83. The van der Waals surface area contributed by atoms with Gasteiger partial charge in [0, 0.05) is 25.3 Å². The van der Waals surface area contributed by atoms with E-state index in [0.29, 0.717) is 18.4 Å². The fraction of sp³-hybridized carbons (Fsp3) is 0.476. The molecule has 0 aliphatic carbocycles. The van der Waals surface area contributed by atoms with Crippen molar-refractivity contribution in [2.75, 3.05) is 19.6 Å². The quantitative estimate of drug-likeness (QED) is 0.786. The van der Waals surface area contributed by atoms with Crippen molar-refractivity contribution in [2.45, 2.75) is 33.2 Å². The predicted molar refractivity (Wildman–Crippen MR) is 106 cm³/mol. The van der Waals surface area contributed by atoms with Crippen LogP contribution in [0.4, 0.5) is 0 Å². The van der Waals surface area contributed by atoms with Gasteiger partial charge in [0.05, 0.1) is 0 Å². The Morgan fingerprint density at radius 2 is 2.11 bits per heavy atom. The topological polar surface area (TPSA) is 78.1 Å². The summed E-state index contributed by atoms with van der Waals surface area (Å²) in [7, 11) is 0. The second-order valence-corrected chi connectivity index (χ2v) is 7.78. The van der Waals surface area contributed by atoms with Crippen LogP contribution in [-0.4, -0.2) is 40.4 Å². The first-order valence-corrected chi connectivity index (χ1v) is 9.64. The molecular formula is C21H28N4O2. The summed E-state index contributed by atoms with van der Waals surface area (Å²) in [4.78, 5) is 33.1. The van der Waals surface area contributed by atoms with Crippen molar-refractivity contribution in [1.82, 2.24) is 20.2 Å². The molecule has 6 nitrogen and oxygen atoms in total. The van der Waals surface area contributed by atoms with Gasteiger partial charge in [0.2, 0.25) is 0 Å². The van der Waals surface area contributed by atoms with E-state index in [2.05, 4.69) is 58.3 Å². The first-order chi connectivity index (χ1) is 13.0. The van der Waals surface area contributed by atoms with E-state index in [1.165, 1.54) is 5.56 Å². The van der Waals surface area contributed by atoms with Gasteiger partial charge in [-0.3, -0.25) is 9.69 Å². The molecule has 2 aromatic rings. The molecule has 1 atom stereocenters. The Morgan fingerprint density at radius 1 is 1.33 bits per heavy atom. The lowest BCUT2D eigenvalue weighted by Crippen LogP contribution is -2.33. The van der Waals surface area contributed by atoms with E-state index < -0.39 is 5.69 Å². The second-order valence-electron chi connectivity index (χ2n) is 7.78. The van der Waals surface area contributed by atoms with Crippen LogP contribution in [0.5, 0.6) is 0 Å².